The minimum atomic E-state index is -2.54. The van der Waals surface area contributed by atoms with Gasteiger partial charge in [-0.25, -0.2) is 4.98 Å². The van der Waals surface area contributed by atoms with Gasteiger partial charge in [0.15, 0.2) is 5.82 Å². The summed E-state index contributed by atoms with van der Waals surface area (Å²) in [4.78, 5) is 41.9. The molecule has 2 saturated heterocycles. The molecule has 2 amide bonds. The number of rotatable bonds is 10. The number of nitrogens with one attached hydrogen (secondary N) is 3. The predicted molar refractivity (Wildman–Crippen MR) is 189 cm³/mol. The summed E-state index contributed by atoms with van der Waals surface area (Å²) in [6.45, 7) is 7.57. The van der Waals surface area contributed by atoms with Gasteiger partial charge in [-0.05, 0) is 55.6 Å². The van der Waals surface area contributed by atoms with Crippen LogP contribution < -0.4 is 30.9 Å². The Hall–Kier alpha value is -4.51. The first-order chi connectivity index (χ1) is 23.1. The molecule has 48 heavy (non-hydrogen) atoms. The third-order valence-electron chi connectivity index (χ3n) is 8.53. The highest BCUT2D eigenvalue weighted by atomic mass is 35.5. The van der Waals surface area contributed by atoms with Crippen LogP contribution in [0.25, 0.3) is 0 Å². The zero-order chi connectivity index (χ0) is 33.8. The number of benzene rings is 2. The molecule has 4 heterocycles. The molecule has 2 aromatic carbocycles. The second-order valence-electron chi connectivity index (χ2n) is 12.2. The number of ether oxygens (including phenoxy) is 1. The number of piperidine rings is 1. The van der Waals surface area contributed by atoms with Gasteiger partial charge < -0.3 is 24.8 Å². The van der Waals surface area contributed by atoms with Gasteiger partial charge in [0.1, 0.15) is 17.9 Å². The third-order valence-corrected chi connectivity index (χ3v) is 10.4. The number of aromatic nitrogens is 3. The van der Waals surface area contributed by atoms with E-state index < -0.39 is 7.14 Å². The zero-order valence-electron chi connectivity index (χ0n) is 27.1. The molecular formula is C34H38ClN8O4P. The van der Waals surface area contributed by atoms with Crippen molar-refractivity contribution >= 4 is 64.7 Å². The van der Waals surface area contributed by atoms with E-state index in [-0.39, 0.29) is 17.7 Å². The summed E-state index contributed by atoms with van der Waals surface area (Å²) in [5.41, 5.74) is 4.21. The number of piperazine rings is 1. The van der Waals surface area contributed by atoms with Crippen molar-refractivity contribution in [3.05, 3.63) is 83.3 Å². The summed E-state index contributed by atoms with van der Waals surface area (Å²) >= 11 is 6.44. The summed E-state index contributed by atoms with van der Waals surface area (Å²) in [7, 11) is -0.915. The summed E-state index contributed by atoms with van der Waals surface area (Å²) in [5, 5.41) is 9.93. The van der Waals surface area contributed by atoms with Gasteiger partial charge in [0.05, 0.1) is 36.3 Å². The molecule has 2 aliphatic heterocycles. The summed E-state index contributed by atoms with van der Waals surface area (Å²) in [6, 6.07) is 17.3. The van der Waals surface area contributed by atoms with Crippen molar-refractivity contribution in [1.29, 1.82) is 0 Å². The number of hydrogen-bond acceptors (Lipinski definition) is 11. The van der Waals surface area contributed by atoms with Crippen LogP contribution in [-0.4, -0.2) is 78.3 Å². The van der Waals surface area contributed by atoms with Crippen LogP contribution in [0.4, 0.5) is 28.8 Å². The SMILES string of the molecule is COc1cc(N2CCN(Cc3ccc(C4CCC(=O)NC4=O)cn3)CC2)ccc1Nc1ncc(Cl)c(Nc2ccccc2P(C)(C)=O)n1. The summed E-state index contributed by atoms with van der Waals surface area (Å²) < 4.78 is 18.6. The maximum absolute atomic E-state index is 12.8. The third kappa shape index (κ3) is 7.78. The molecule has 250 valence electrons. The molecule has 0 aliphatic carbocycles. The van der Waals surface area contributed by atoms with E-state index in [0.717, 1.165) is 49.7 Å². The number of carbonyl (C=O) groups excluding carboxylic acids is 2. The Morgan fingerprint density at radius 3 is 2.48 bits per heavy atom. The second kappa shape index (κ2) is 14.3. The molecule has 2 aliphatic rings. The number of amides is 2. The van der Waals surface area contributed by atoms with Crippen molar-refractivity contribution in [2.75, 3.05) is 62.2 Å². The van der Waals surface area contributed by atoms with E-state index in [2.05, 4.69) is 40.7 Å². The van der Waals surface area contributed by atoms with Crippen LogP contribution >= 0.6 is 18.7 Å². The molecule has 0 saturated carbocycles. The van der Waals surface area contributed by atoms with E-state index in [9.17, 15) is 14.2 Å². The molecule has 0 bridgehead atoms. The van der Waals surface area contributed by atoms with Gasteiger partial charge >= 0.3 is 0 Å². The van der Waals surface area contributed by atoms with Crippen molar-refractivity contribution < 1.29 is 18.9 Å². The van der Waals surface area contributed by atoms with Crippen molar-refractivity contribution in [3.8, 4) is 5.75 Å². The van der Waals surface area contributed by atoms with Crippen LogP contribution in [0.1, 0.15) is 30.0 Å². The van der Waals surface area contributed by atoms with Crippen molar-refractivity contribution in [2.45, 2.75) is 25.3 Å². The van der Waals surface area contributed by atoms with Gasteiger partial charge in [-0.15, -0.1) is 0 Å². The summed E-state index contributed by atoms with van der Waals surface area (Å²) in [6.07, 6.45) is 4.14. The van der Waals surface area contributed by atoms with Gasteiger partial charge in [0, 0.05) is 62.4 Å². The highest BCUT2D eigenvalue weighted by molar-refractivity contribution is 7.70. The molecule has 2 aromatic heterocycles. The topological polar surface area (TPSA) is 142 Å². The van der Waals surface area contributed by atoms with Crippen molar-refractivity contribution in [1.82, 2.24) is 25.2 Å². The van der Waals surface area contributed by atoms with E-state index in [1.807, 2.05) is 54.6 Å². The van der Waals surface area contributed by atoms with Gasteiger partial charge in [0.2, 0.25) is 17.8 Å². The molecule has 0 spiro atoms. The summed E-state index contributed by atoms with van der Waals surface area (Å²) in [5.74, 6) is 0.575. The van der Waals surface area contributed by atoms with Gasteiger partial charge in [-0.2, -0.15) is 4.98 Å². The van der Waals surface area contributed by atoms with Gasteiger partial charge in [-0.1, -0.05) is 29.8 Å². The highest BCUT2D eigenvalue weighted by Gasteiger charge is 2.28. The Bertz CT molecular complexity index is 1860. The normalized spacial score (nSPS) is 17.2. The molecule has 1 unspecified atom stereocenters. The molecule has 12 nitrogen and oxygen atoms in total. The number of pyridine rings is 1. The number of nitrogens with zero attached hydrogens (tertiary/aromatic N) is 5. The van der Waals surface area contributed by atoms with Crippen LogP contribution in [-0.2, 0) is 20.7 Å². The van der Waals surface area contributed by atoms with Gasteiger partial charge in [0.25, 0.3) is 0 Å². The van der Waals surface area contributed by atoms with Crippen LogP contribution in [0.3, 0.4) is 0 Å². The molecule has 4 aromatic rings. The lowest BCUT2D eigenvalue weighted by Gasteiger charge is -2.36. The average molecular weight is 689 g/mol. The van der Waals surface area contributed by atoms with Crippen LogP contribution in [0.5, 0.6) is 5.75 Å². The molecular weight excluding hydrogens is 651 g/mol. The number of carbonyl (C=O) groups is 2. The monoisotopic (exact) mass is 688 g/mol. The lowest BCUT2D eigenvalue weighted by atomic mass is 9.91. The Labute approximate surface area is 284 Å². The van der Waals surface area contributed by atoms with Crippen LogP contribution in [0, 0.1) is 0 Å². The lowest BCUT2D eigenvalue weighted by Crippen LogP contribution is -2.46. The van der Waals surface area contributed by atoms with Crippen LogP contribution in [0.15, 0.2) is 67.0 Å². The van der Waals surface area contributed by atoms with Crippen molar-refractivity contribution in [3.63, 3.8) is 0 Å². The van der Waals surface area contributed by atoms with E-state index in [1.165, 1.54) is 6.20 Å². The number of methoxy groups -OCH3 is 1. The van der Waals surface area contributed by atoms with E-state index >= 15 is 0 Å². The number of imide groups is 1. The fraction of sp³-hybridized carbons (Fsp3) is 0.324. The van der Waals surface area contributed by atoms with Gasteiger partial charge in [-0.3, -0.25) is 24.8 Å². The quantitative estimate of drug-likeness (QED) is 0.151. The number of halogens is 1. The van der Waals surface area contributed by atoms with E-state index in [4.69, 9.17) is 16.3 Å². The minimum Gasteiger partial charge on any atom is -0.494 e. The first-order valence-corrected chi connectivity index (χ1v) is 18.7. The molecule has 2 fully saturated rings. The molecule has 14 heteroatoms. The first kappa shape index (κ1) is 33.4. The minimum absolute atomic E-state index is 0.216. The van der Waals surface area contributed by atoms with E-state index in [1.54, 1.807) is 26.6 Å². The maximum atomic E-state index is 12.8. The largest absolute Gasteiger partial charge is 0.494 e. The number of para-hydroxylation sites is 1. The highest BCUT2D eigenvalue weighted by Crippen LogP contribution is 2.39. The zero-order valence-corrected chi connectivity index (χ0v) is 28.7. The molecule has 6 rings (SSSR count). The fourth-order valence-electron chi connectivity index (χ4n) is 5.93. The Balaban J connectivity index is 1.07. The first-order valence-electron chi connectivity index (χ1n) is 15.7. The average Bonchev–Trinajstić information content (AvgIpc) is 3.07. The number of anilines is 5. The Kier molecular flexibility index (Phi) is 9.96. The smallest absolute Gasteiger partial charge is 0.234 e. The standard InChI is InChI=1S/C34H38ClN8O4P/c1-47-29-18-24(43-16-14-42(15-17-43)21-23-9-8-22(19-36-23)25-11-13-31(44)40-33(25)45)10-12-27(29)39-34-37-20-26(35)32(41-34)38-28-6-4-5-7-30(28)48(2,3)46/h4-10,12,18-20,25H,11,13-17,21H2,1-3H3,(H,40,44,45)(H2,37,38,39,41). The number of hydrogen-bond donors (Lipinski definition) is 3. The maximum Gasteiger partial charge on any atom is 0.234 e. The molecule has 3 N–H and O–H groups in total. The van der Waals surface area contributed by atoms with E-state index in [0.29, 0.717) is 52.1 Å². The van der Waals surface area contributed by atoms with Crippen molar-refractivity contribution in [2.24, 2.45) is 0 Å². The Morgan fingerprint density at radius 2 is 1.77 bits per heavy atom. The second-order valence-corrected chi connectivity index (χ2v) is 15.8. The lowest BCUT2D eigenvalue weighted by molar-refractivity contribution is -0.134. The fourth-order valence-corrected chi connectivity index (χ4v) is 7.23. The molecule has 0 radical (unpaired) electrons. The molecule has 1 atom stereocenters. The van der Waals surface area contributed by atoms with Crippen LogP contribution in [0.2, 0.25) is 5.02 Å². The Morgan fingerprint density at radius 1 is 0.979 bits per heavy atom. The predicted octanol–water partition coefficient (Wildman–Crippen LogP) is 5.11.